The average molecular weight is 520 g/mol. The molecule has 0 aromatic heterocycles. The molecule has 36 heavy (non-hydrogen) atoms. The van der Waals surface area contributed by atoms with Crippen molar-refractivity contribution in [3.63, 3.8) is 0 Å². The molecule has 1 saturated carbocycles. The molecule has 1 N–H and O–H groups in total. The number of allylic oxidation sites excluding steroid dienone is 2. The smallest absolute Gasteiger partial charge is 0.305 e. The Bertz CT molecular complexity index is 795. The van der Waals surface area contributed by atoms with E-state index in [-0.39, 0.29) is 17.5 Å². The van der Waals surface area contributed by atoms with Gasteiger partial charge in [0.1, 0.15) is 6.61 Å². The van der Waals surface area contributed by atoms with Crippen LogP contribution in [0.1, 0.15) is 94.3 Å². The number of carbonyl (C=O) groups is 1. The predicted molar refractivity (Wildman–Crippen MR) is 146 cm³/mol. The summed E-state index contributed by atoms with van der Waals surface area (Å²) in [6, 6.07) is 8.54. The van der Waals surface area contributed by atoms with E-state index in [1.165, 1.54) is 12.0 Å². The van der Waals surface area contributed by atoms with Crippen LogP contribution in [-0.4, -0.2) is 60.8 Å². The second-order valence-electron chi connectivity index (χ2n) is 10.3. The molecular weight excluding hydrogens is 474 g/mol. The zero-order valence-corrected chi connectivity index (χ0v) is 22.8. The standard InChI is InChI=1S/C30H46ClNO4/c1-2-3-6-13-29(33)25-11-9-10-24(23-25)26-15-16-28(31)27(26)12-7-4-5-8-14-30(34)36-22-19-32-17-20-35-21-18-32/h4,7,9-11,23,26-29,33H,2-3,5-6,8,12-22H2,1H3/b7-4-/t26-,27?,28-,29?/m1/s1. The van der Waals surface area contributed by atoms with Gasteiger partial charge in [0.2, 0.25) is 0 Å². The number of alkyl halides is 1. The first-order chi connectivity index (χ1) is 17.6. The number of benzene rings is 1. The predicted octanol–water partition coefficient (Wildman–Crippen LogP) is 6.39. The van der Waals surface area contributed by atoms with Gasteiger partial charge in [-0.05, 0) is 61.5 Å². The molecule has 4 atom stereocenters. The lowest BCUT2D eigenvalue weighted by molar-refractivity contribution is -0.144. The fourth-order valence-electron chi connectivity index (χ4n) is 5.42. The minimum absolute atomic E-state index is 0.106. The highest BCUT2D eigenvalue weighted by Gasteiger charge is 2.35. The third-order valence-corrected chi connectivity index (χ3v) is 8.18. The van der Waals surface area contributed by atoms with Crippen LogP contribution < -0.4 is 0 Å². The molecule has 5 nitrogen and oxygen atoms in total. The molecule has 1 aromatic carbocycles. The minimum Gasteiger partial charge on any atom is -0.464 e. The summed E-state index contributed by atoms with van der Waals surface area (Å²) in [6.07, 6.45) is 13.5. The molecule has 0 bridgehead atoms. The zero-order chi connectivity index (χ0) is 25.6. The van der Waals surface area contributed by atoms with Crippen LogP contribution in [0.2, 0.25) is 0 Å². The van der Waals surface area contributed by atoms with E-state index in [0.29, 0.717) is 24.9 Å². The normalized spacial score (nSPS) is 23.8. The highest BCUT2D eigenvalue weighted by atomic mass is 35.5. The molecule has 0 amide bonds. The molecular formula is C30H46ClNO4. The van der Waals surface area contributed by atoms with Gasteiger partial charge in [0.05, 0.1) is 19.3 Å². The van der Waals surface area contributed by atoms with Crippen molar-refractivity contribution in [1.29, 1.82) is 0 Å². The number of aliphatic hydroxyl groups is 1. The maximum absolute atomic E-state index is 12.0. The number of esters is 1. The van der Waals surface area contributed by atoms with Crippen molar-refractivity contribution < 1.29 is 19.4 Å². The molecule has 1 aliphatic carbocycles. The van der Waals surface area contributed by atoms with Gasteiger partial charge < -0.3 is 14.6 Å². The zero-order valence-electron chi connectivity index (χ0n) is 22.1. The van der Waals surface area contributed by atoms with Crippen molar-refractivity contribution in [3.8, 4) is 0 Å². The van der Waals surface area contributed by atoms with Gasteiger partial charge in [-0.25, -0.2) is 0 Å². The van der Waals surface area contributed by atoms with Crippen molar-refractivity contribution in [2.75, 3.05) is 39.5 Å². The molecule has 2 aliphatic rings. The largest absolute Gasteiger partial charge is 0.464 e. The van der Waals surface area contributed by atoms with E-state index in [2.05, 4.69) is 48.2 Å². The van der Waals surface area contributed by atoms with Crippen LogP contribution >= 0.6 is 11.6 Å². The van der Waals surface area contributed by atoms with E-state index in [4.69, 9.17) is 21.1 Å². The first-order valence-corrected chi connectivity index (χ1v) is 14.5. The first kappa shape index (κ1) is 29.2. The van der Waals surface area contributed by atoms with Gasteiger partial charge in [0.15, 0.2) is 0 Å². The summed E-state index contributed by atoms with van der Waals surface area (Å²) in [4.78, 5) is 14.3. The number of hydrogen-bond acceptors (Lipinski definition) is 5. The molecule has 2 fully saturated rings. The highest BCUT2D eigenvalue weighted by Crippen LogP contribution is 2.45. The summed E-state index contributed by atoms with van der Waals surface area (Å²) in [5.41, 5.74) is 2.34. The highest BCUT2D eigenvalue weighted by molar-refractivity contribution is 6.21. The number of aliphatic hydroxyl groups excluding tert-OH is 1. The van der Waals surface area contributed by atoms with Crippen LogP contribution in [0.4, 0.5) is 0 Å². The monoisotopic (exact) mass is 519 g/mol. The van der Waals surface area contributed by atoms with Crippen molar-refractivity contribution in [1.82, 2.24) is 4.90 Å². The maximum Gasteiger partial charge on any atom is 0.305 e. The second-order valence-corrected chi connectivity index (χ2v) is 10.9. The summed E-state index contributed by atoms with van der Waals surface area (Å²) in [5.74, 6) is 0.729. The van der Waals surface area contributed by atoms with Crippen molar-refractivity contribution >= 4 is 17.6 Å². The van der Waals surface area contributed by atoms with Crippen LogP contribution in [0.25, 0.3) is 0 Å². The Hall–Kier alpha value is -1.40. The van der Waals surface area contributed by atoms with Crippen LogP contribution in [-0.2, 0) is 14.3 Å². The number of rotatable bonds is 15. The number of nitrogens with zero attached hydrogens (tertiary/aromatic N) is 1. The lowest BCUT2D eigenvalue weighted by Crippen LogP contribution is -2.38. The molecule has 1 saturated heterocycles. The third-order valence-electron chi connectivity index (χ3n) is 7.64. The van der Waals surface area contributed by atoms with Crippen LogP contribution in [0, 0.1) is 5.92 Å². The Morgan fingerprint density at radius 3 is 2.86 bits per heavy atom. The topological polar surface area (TPSA) is 59.0 Å². The van der Waals surface area contributed by atoms with Gasteiger partial charge >= 0.3 is 5.97 Å². The summed E-state index contributed by atoms with van der Waals surface area (Å²) >= 11 is 6.74. The number of morpholine rings is 1. The number of hydrogen-bond donors (Lipinski definition) is 1. The fraction of sp³-hybridized carbons (Fsp3) is 0.700. The van der Waals surface area contributed by atoms with Crippen molar-refractivity contribution in [3.05, 3.63) is 47.5 Å². The van der Waals surface area contributed by atoms with E-state index >= 15 is 0 Å². The number of carbonyl (C=O) groups excluding carboxylic acids is 1. The molecule has 3 rings (SSSR count). The van der Waals surface area contributed by atoms with Crippen LogP contribution in [0.15, 0.2) is 36.4 Å². The Balaban J connectivity index is 1.37. The van der Waals surface area contributed by atoms with Crippen LogP contribution in [0.5, 0.6) is 0 Å². The van der Waals surface area contributed by atoms with E-state index in [1.807, 2.05) is 0 Å². The average Bonchev–Trinajstić information content (AvgIpc) is 3.27. The van der Waals surface area contributed by atoms with Gasteiger partial charge in [-0.1, -0.05) is 62.6 Å². The first-order valence-electron chi connectivity index (χ1n) is 14.1. The van der Waals surface area contributed by atoms with Gasteiger partial charge in [-0.3, -0.25) is 9.69 Å². The van der Waals surface area contributed by atoms with Crippen molar-refractivity contribution in [2.24, 2.45) is 5.92 Å². The lowest BCUT2D eigenvalue weighted by atomic mass is 9.85. The summed E-state index contributed by atoms with van der Waals surface area (Å²) < 4.78 is 10.7. The summed E-state index contributed by atoms with van der Waals surface area (Å²) in [7, 11) is 0. The molecule has 6 heteroatoms. The van der Waals surface area contributed by atoms with Crippen molar-refractivity contribution in [2.45, 2.75) is 88.5 Å². The third kappa shape index (κ3) is 9.81. The lowest BCUT2D eigenvalue weighted by Gasteiger charge is -2.26. The van der Waals surface area contributed by atoms with Gasteiger partial charge in [0.25, 0.3) is 0 Å². The SMILES string of the molecule is CCCCCC(O)c1cccc([C@H]2CC[C@@H](Cl)C2C/C=C\CCCC(=O)OCCN2CCOCC2)c1. The maximum atomic E-state index is 12.0. The Morgan fingerprint density at radius 2 is 2.06 bits per heavy atom. The molecule has 1 aromatic rings. The summed E-state index contributed by atoms with van der Waals surface area (Å²) in [5, 5.41) is 10.8. The molecule has 0 spiro atoms. The molecule has 0 radical (unpaired) electrons. The van der Waals surface area contributed by atoms with Gasteiger partial charge in [-0.2, -0.15) is 0 Å². The van der Waals surface area contributed by atoms with E-state index < -0.39 is 0 Å². The van der Waals surface area contributed by atoms with E-state index in [1.54, 1.807) is 0 Å². The van der Waals surface area contributed by atoms with Gasteiger partial charge in [0, 0.05) is 31.4 Å². The second kappa shape index (κ2) is 16.4. The minimum atomic E-state index is -0.380. The van der Waals surface area contributed by atoms with Gasteiger partial charge in [-0.15, -0.1) is 11.6 Å². The number of unbranched alkanes of at least 4 members (excludes halogenated alkanes) is 3. The molecule has 2 unspecified atom stereocenters. The molecule has 1 heterocycles. The quantitative estimate of drug-likeness (QED) is 0.126. The Morgan fingerprint density at radius 1 is 1.22 bits per heavy atom. The summed E-state index contributed by atoms with van der Waals surface area (Å²) in [6.45, 7) is 6.80. The van der Waals surface area contributed by atoms with E-state index in [0.717, 1.165) is 89.8 Å². The fourth-order valence-corrected chi connectivity index (χ4v) is 5.82. The Labute approximate surface area is 223 Å². The number of halogens is 1. The molecule has 1 aliphatic heterocycles. The number of ether oxygens (including phenoxy) is 2. The Kier molecular flexibility index (Phi) is 13.3. The molecule has 202 valence electrons. The van der Waals surface area contributed by atoms with E-state index in [9.17, 15) is 9.90 Å². The van der Waals surface area contributed by atoms with Crippen LogP contribution in [0.3, 0.4) is 0 Å².